The van der Waals surface area contributed by atoms with Crippen LogP contribution in [0.1, 0.15) is 11.1 Å². The van der Waals surface area contributed by atoms with Crippen LogP contribution in [-0.4, -0.2) is 31.6 Å². The molecule has 92 valence electrons. The summed E-state index contributed by atoms with van der Waals surface area (Å²) in [5.41, 5.74) is 3.15. The molecule has 1 saturated heterocycles. The van der Waals surface area contributed by atoms with Gasteiger partial charge >= 0.3 is 0 Å². The van der Waals surface area contributed by atoms with E-state index in [9.17, 15) is 4.79 Å². The highest BCUT2D eigenvalue weighted by atomic mass is 16.2. The standard InChI is InChI=1S/C13H19N3O/c1-9-3-4-10(2)11(7-9)16-13(17)12-8-14-5-6-15-12/h3-4,7,12,14-15H,5-6,8H2,1-2H3,(H,16,17). The van der Waals surface area contributed by atoms with Gasteiger partial charge in [-0.3, -0.25) is 4.79 Å². The number of amides is 1. The molecule has 3 N–H and O–H groups in total. The summed E-state index contributed by atoms with van der Waals surface area (Å²) in [6.07, 6.45) is 0. The van der Waals surface area contributed by atoms with E-state index in [1.807, 2.05) is 32.0 Å². The SMILES string of the molecule is Cc1ccc(C)c(NC(=O)C2CNCCN2)c1. The quantitative estimate of drug-likeness (QED) is 0.708. The third kappa shape index (κ3) is 3.05. The zero-order chi connectivity index (χ0) is 12.3. The summed E-state index contributed by atoms with van der Waals surface area (Å²) in [4.78, 5) is 12.0. The zero-order valence-corrected chi connectivity index (χ0v) is 10.3. The Balaban J connectivity index is 2.04. The highest BCUT2D eigenvalue weighted by Gasteiger charge is 2.20. The summed E-state index contributed by atoms with van der Waals surface area (Å²) in [5, 5.41) is 9.38. The Hall–Kier alpha value is -1.39. The van der Waals surface area contributed by atoms with Crippen LogP contribution < -0.4 is 16.0 Å². The van der Waals surface area contributed by atoms with E-state index in [2.05, 4.69) is 16.0 Å². The van der Waals surface area contributed by atoms with Crippen LogP contribution in [0.5, 0.6) is 0 Å². The molecule has 0 bridgehead atoms. The second-order valence-corrected chi connectivity index (χ2v) is 4.52. The first-order valence-corrected chi connectivity index (χ1v) is 5.99. The molecule has 1 unspecified atom stereocenters. The van der Waals surface area contributed by atoms with Crippen LogP contribution >= 0.6 is 0 Å². The van der Waals surface area contributed by atoms with Gasteiger partial charge in [0.25, 0.3) is 0 Å². The average molecular weight is 233 g/mol. The molecule has 2 rings (SSSR count). The van der Waals surface area contributed by atoms with Crippen molar-refractivity contribution >= 4 is 11.6 Å². The molecular weight excluding hydrogens is 214 g/mol. The van der Waals surface area contributed by atoms with E-state index in [1.54, 1.807) is 0 Å². The lowest BCUT2D eigenvalue weighted by Gasteiger charge is -2.24. The fourth-order valence-corrected chi connectivity index (χ4v) is 1.93. The second kappa shape index (κ2) is 5.29. The Bertz CT molecular complexity index is 411. The van der Waals surface area contributed by atoms with Crippen LogP contribution in [0, 0.1) is 13.8 Å². The predicted octanol–water partition coefficient (Wildman–Crippen LogP) is 0.803. The maximum absolute atomic E-state index is 12.0. The third-order valence-electron chi connectivity index (χ3n) is 3.01. The lowest BCUT2D eigenvalue weighted by molar-refractivity contribution is -0.118. The number of nitrogens with one attached hydrogen (secondary N) is 3. The number of benzene rings is 1. The molecular formula is C13H19N3O. The molecule has 1 atom stereocenters. The summed E-state index contributed by atoms with van der Waals surface area (Å²) >= 11 is 0. The van der Waals surface area contributed by atoms with Gasteiger partial charge in [0.05, 0.1) is 6.04 Å². The van der Waals surface area contributed by atoms with E-state index < -0.39 is 0 Å². The van der Waals surface area contributed by atoms with E-state index in [0.717, 1.165) is 29.9 Å². The summed E-state index contributed by atoms with van der Waals surface area (Å²) in [7, 11) is 0. The van der Waals surface area contributed by atoms with Gasteiger partial charge in [0.1, 0.15) is 0 Å². The summed E-state index contributed by atoms with van der Waals surface area (Å²) in [5.74, 6) is 0.0332. The first kappa shape index (κ1) is 12.1. The van der Waals surface area contributed by atoms with Crippen molar-refractivity contribution in [2.45, 2.75) is 19.9 Å². The first-order valence-electron chi connectivity index (χ1n) is 5.99. The van der Waals surface area contributed by atoms with Gasteiger partial charge < -0.3 is 16.0 Å². The molecule has 1 amide bonds. The average Bonchev–Trinajstić information content (AvgIpc) is 2.35. The number of hydrogen-bond acceptors (Lipinski definition) is 3. The summed E-state index contributed by atoms with van der Waals surface area (Å²) in [6, 6.07) is 5.94. The van der Waals surface area contributed by atoms with E-state index in [0.29, 0.717) is 6.54 Å². The molecule has 1 aliphatic rings. The van der Waals surface area contributed by atoms with Gasteiger partial charge in [-0.15, -0.1) is 0 Å². The van der Waals surface area contributed by atoms with Crippen molar-refractivity contribution in [3.8, 4) is 0 Å². The molecule has 17 heavy (non-hydrogen) atoms. The number of carbonyl (C=O) groups excluding carboxylic acids is 1. The van der Waals surface area contributed by atoms with Crippen molar-refractivity contribution in [3.05, 3.63) is 29.3 Å². The van der Waals surface area contributed by atoms with Crippen molar-refractivity contribution in [1.29, 1.82) is 0 Å². The molecule has 0 radical (unpaired) electrons. The summed E-state index contributed by atoms with van der Waals surface area (Å²) < 4.78 is 0. The Morgan fingerprint density at radius 2 is 2.18 bits per heavy atom. The van der Waals surface area contributed by atoms with Gasteiger partial charge in [0.2, 0.25) is 5.91 Å². The zero-order valence-electron chi connectivity index (χ0n) is 10.3. The minimum atomic E-state index is -0.135. The van der Waals surface area contributed by atoms with Gasteiger partial charge in [-0.25, -0.2) is 0 Å². The lowest BCUT2D eigenvalue weighted by atomic mass is 10.1. The Morgan fingerprint density at radius 1 is 1.35 bits per heavy atom. The van der Waals surface area contributed by atoms with E-state index >= 15 is 0 Å². The van der Waals surface area contributed by atoms with E-state index in [-0.39, 0.29) is 11.9 Å². The van der Waals surface area contributed by atoms with E-state index in [4.69, 9.17) is 0 Å². The van der Waals surface area contributed by atoms with Gasteiger partial charge in [0, 0.05) is 25.3 Å². The molecule has 0 spiro atoms. The van der Waals surface area contributed by atoms with Crippen molar-refractivity contribution in [3.63, 3.8) is 0 Å². The Morgan fingerprint density at radius 3 is 2.88 bits per heavy atom. The monoisotopic (exact) mass is 233 g/mol. The van der Waals surface area contributed by atoms with Crippen molar-refractivity contribution in [2.75, 3.05) is 25.0 Å². The first-order chi connectivity index (χ1) is 8.16. The van der Waals surface area contributed by atoms with E-state index in [1.165, 1.54) is 0 Å². The fraction of sp³-hybridized carbons (Fsp3) is 0.462. The molecule has 4 heteroatoms. The van der Waals surface area contributed by atoms with Crippen LogP contribution in [0.3, 0.4) is 0 Å². The molecule has 1 aromatic carbocycles. The minimum absolute atomic E-state index is 0.0332. The van der Waals surface area contributed by atoms with Crippen LogP contribution in [0.15, 0.2) is 18.2 Å². The van der Waals surface area contributed by atoms with Crippen LogP contribution in [0.4, 0.5) is 5.69 Å². The molecule has 0 saturated carbocycles. The molecule has 4 nitrogen and oxygen atoms in total. The molecule has 1 aliphatic heterocycles. The Kier molecular flexibility index (Phi) is 3.76. The number of aryl methyl sites for hydroxylation is 2. The maximum atomic E-state index is 12.0. The lowest BCUT2D eigenvalue weighted by Crippen LogP contribution is -2.54. The smallest absolute Gasteiger partial charge is 0.242 e. The molecule has 0 aromatic heterocycles. The summed E-state index contributed by atoms with van der Waals surface area (Å²) in [6.45, 7) is 6.48. The highest BCUT2D eigenvalue weighted by molar-refractivity contribution is 5.95. The van der Waals surface area contributed by atoms with Gasteiger partial charge in [-0.1, -0.05) is 12.1 Å². The Labute approximate surface area is 102 Å². The number of carbonyl (C=O) groups is 1. The molecule has 0 aliphatic carbocycles. The normalized spacial score (nSPS) is 20.0. The number of piperazine rings is 1. The highest BCUT2D eigenvalue weighted by Crippen LogP contribution is 2.16. The van der Waals surface area contributed by atoms with Crippen LogP contribution in [0.2, 0.25) is 0 Å². The van der Waals surface area contributed by atoms with Gasteiger partial charge in [0.15, 0.2) is 0 Å². The number of hydrogen-bond donors (Lipinski definition) is 3. The molecule has 1 fully saturated rings. The topological polar surface area (TPSA) is 53.2 Å². The molecule has 1 heterocycles. The van der Waals surface area contributed by atoms with Crippen molar-refractivity contribution in [1.82, 2.24) is 10.6 Å². The van der Waals surface area contributed by atoms with Crippen molar-refractivity contribution < 1.29 is 4.79 Å². The largest absolute Gasteiger partial charge is 0.324 e. The fourth-order valence-electron chi connectivity index (χ4n) is 1.93. The minimum Gasteiger partial charge on any atom is -0.324 e. The molecule has 1 aromatic rings. The maximum Gasteiger partial charge on any atom is 0.242 e. The van der Waals surface area contributed by atoms with Crippen LogP contribution in [0.25, 0.3) is 0 Å². The predicted molar refractivity (Wildman–Crippen MR) is 69.2 cm³/mol. The number of rotatable bonds is 2. The second-order valence-electron chi connectivity index (χ2n) is 4.52. The van der Waals surface area contributed by atoms with Crippen molar-refractivity contribution in [2.24, 2.45) is 0 Å². The van der Waals surface area contributed by atoms with Gasteiger partial charge in [-0.05, 0) is 31.0 Å². The van der Waals surface area contributed by atoms with Gasteiger partial charge in [-0.2, -0.15) is 0 Å². The third-order valence-corrected chi connectivity index (χ3v) is 3.01. The van der Waals surface area contributed by atoms with Crippen LogP contribution in [-0.2, 0) is 4.79 Å². The number of anilines is 1.